The molecule has 0 aliphatic carbocycles. The Morgan fingerprint density at radius 3 is 1.06 bits per heavy atom. The summed E-state index contributed by atoms with van der Waals surface area (Å²) in [6.45, 7) is 0. The summed E-state index contributed by atoms with van der Waals surface area (Å²) in [5.74, 6) is -5.59. The van der Waals surface area contributed by atoms with Gasteiger partial charge in [0.1, 0.15) is 0 Å². The summed E-state index contributed by atoms with van der Waals surface area (Å²) in [6, 6.07) is -5.05. The minimum atomic E-state index is -5.66. The Balaban J connectivity index is 3.24. The molecule has 0 aromatic rings. The lowest BCUT2D eigenvalue weighted by Gasteiger charge is -2.21. The van der Waals surface area contributed by atoms with E-state index in [9.17, 15) is 35.1 Å². The second kappa shape index (κ2) is 3.52. The van der Waals surface area contributed by atoms with E-state index in [-0.39, 0.29) is 0 Å². The number of hydrogen-bond acceptors (Lipinski definition) is 2. The molecule has 0 N–H and O–H groups in total. The van der Waals surface area contributed by atoms with E-state index in [1.165, 1.54) is 0 Å². The monoisotopic (exact) mass is 256 g/mol. The molecule has 1 aliphatic heterocycles. The minimum Gasteiger partial charge on any atom is -0.418 e. The van der Waals surface area contributed by atoms with Gasteiger partial charge in [0.05, 0.1) is 0 Å². The largest absolute Gasteiger partial charge is 0.453 e. The highest BCUT2D eigenvalue weighted by atomic mass is 19.4. The maximum atomic E-state index is 12.2. The van der Waals surface area contributed by atoms with Crippen LogP contribution in [0.25, 0.3) is 0 Å². The second-order valence-corrected chi connectivity index (χ2v) is 2.41. The van der Waals surface area contributed by atoms with Crippen LogP contribution in [0.2, 0.25) is 0 Å². The van der Waals surface area contributed by atoms with Crippen molar-refractivity contribution in [3.8, 4) is 0 Å². The van der Waals surface area contributed by atoms with E-state index in [4.69, 9.17) is 0 Å². The number of halogens is 8. The fraction of sp³-hybridized carbons (Fsp3) is 0.333. The van der Waals surface area contributed by atoms with Crippen LogP contribution in [0.4, 0.5) is 35.1 Å². The van der Waals surface area contributed by atoms with Crippen molar-refractivity contribution < 1.29 is 44.6 Å². The van der Waals surface area contributed by atoms with Gasteiger partial charge in [0.2, 0.25) is 0 Å². The first kappa shape index (κ1) is 12.6. The molecule has 1 rings (SSSR count). The van der Waals surface area contributed by atoms with Gasteiger partial charge >= 0.3 is 24.4 Å². The molecule has 0 radical (unpaired) electrons. The third-order valence-corrected chi connectivity index (χ3v) is 1.26. The molecule has 2 nitrogen and oxygen atoms in total. The molecular formula is C6F8O2. The van der Waals surface area contributed by atoms with Gasteiger partial charge in [0, 0.05) is 0 Å². The van der Waals surface area contributed by atoms with Crippen molar-refractivity contribution in [1.82, 2.24) is 0 Å². The highest BCUT2D eigenvalue weighted by Gasteiger charge is 2.53. The highest BCUT2D eigenvalue weighted by Crippen LogP contribution is 2.42. The lowest BCUT2D eigenvalue weighted by Crippen LogP contribution is -2.27. The summed E-state index contributed by atoms with van der Waals surface area (Å²) in [7, 11) is 0. The molecular weight excluding hydrogens is 256 g/mol. The van der Waals surface area contributed by atoms with Crippen LogP contribution < -0.4 is 0 Å². The lowest BCUT2D eigenvalue weighted by molar-refractivity contribution is -0.176. The average Bonchev–Trinajstić information content (AvgIpc) is 2.05. The van der Waals surface area contributed by atoms with Crippen LogP contribution in [0, 0.1) is 0 Å². The number of allylic oxidation sites excluding steroid dienone is 2. The maximum absolute atomic E-state index is 12.2. The van der Waals surface area contributed by atoms with Crippen LogP contribution >= 0.6 is 0 Å². The highest BCUT2D eigenvalue weighted by molar-refractivity contribution is 5.18. The van der Waals surface area contributed by atoms with Gasteiger partial charge in [0.15, 0.2) is 0 Å². The van der Waals surface area contributed by atoms with Crippen molar-refractivity contribution in [3.63, 3.8) is 0 Å². The number of hydrogen-bond donors (Lipinski definition) is 0. The molecule has 92 valence electrons. The van der Waals surface area contributed by atoms with E-state index in [0.717, 1.165) is 0 Å². The number of ether oxygens (including phenoxy) is 2. The van der Waals surface area contributed by atoms with Gasteiger partial charge in [-0.3, -0.25) is 0 Å². The number of rotatable bonds is 0. The molecule has 1 aliphatic rings. The molecule has 0 bridgehead atoms. The maximum Gasteiger partial charge on any atom is 0.453 e. The molecule has 10 heteroatoms. The van der Waals surface area contributed by atoms with Crippen molar-refractivity contribution in [3.05, 3.63) is 23.5 Å². The van der Waals surface area contributed by atoms with Gasteiger partial charge in [-0.15, -0.1) is 0 Å². The molecule has 0 aromatic carbocycles. The normalized spacial score (nSPS) is 18.5. The third-order valence-electron chi connectivity index (χ3n) is 1.26. The van der Waals surface area contributed by atoms with Crippen molar-refractivity contribution >= 4 is 0 Å². The van der Waals surface area contributed by atoms with Crippen LogP contribution in [0.1, 0.15) is 0 Å². The average molecular weight is 256 g/mol. The Bertz CT molecular complexity index is 326. The molecule has 0 spiro atoms. The SMILES string of the molecule is FC1=C(F)OC(C(F)(F)F)=C(C(F)(F)F)O1. The molecule has 0 unspecified atom stereocenters. The Morgan fingerprint density at radius 1 is 0.625 bits per heavy atom. The quantitative estimate of drug-likeness (QED) is 0.618. The van der Waals surface area contributed by atoms with Gasteiger partial charge < -0.3 is 9.47 Å². The van der Waals surface area contributed by atoms with Gasteiger partial charge in [-0.1, -0.05) is 0 Å². The Hall–Kier alpha value is -1.48. The fourth-order valence-corrected chi connectivity index (χ4v) is 0.725. The van der Waals surface area contributed by atoms with Crippen molar-refractivity contribution in [2.45, 2.75) is 12.4 Å². The summed E-state index contributed by atoms with van der Waals surface area (Å²) in [4.78, 5) is 0. The summed E-state index contributed by atoms with van der Waals surface area (Å²) < 4.78 is 102. The lowest BCUT2D eigenvalue weighted by atomic mass is 10.3. The summed E-state index contributed by atoms with van der Waals surface area (Å²) in [5.41, 5.74) is 0. The molecule has 0 fully saturated rings. The van der Waals surface area contributed by atoms with Crippen LogP contribution in [0.3, 0.4) is 0 Å². The predicted octanol–water partition coefficient (Wildman–Crippen LogP) is 3.43. The van der Waals surface area contributed by atoms with Gasteiger partial charge in [-0.25, -0.2) is 0 Å². The molecule has 0 amide bonds. The van der Waals surface area contributed by atoms with Gasteiger partial charge in [-0.2, -0.15) is 35.1 Å². The zero-order valence-electron chi connectivity index (χ0n) is 6.84. The minimum absolute atomic E-state index is 2.53. The van der Waals surface area contributed by atoms with E-state index in [1.54, 1.807) is 0 Å². The first-order valence-electron chi connectivity index (χ1n) is 3.33. The molecule has 16 heavy (non-hydrogen) atoms. The van der Waals surface area contributed by atoms with Crippen LogP contribution in [0.5, 0.6) is 0 Å². The van der Waals surface area contributed by atoms with Gasteiger partial charge in [-0.05, 0) is 0 Å². The molecule has 0 atom stereocenters. The Labute approximate surface area is 81.7 Å². The smallest absolute Gasteiger partial charge is 0.418 e. The first-order chi connectivity index (χ1) is 7.03. The van der Waals surface area contributed by atoms with Crippen LogP contribution in [0.15, 0.2) is 23.5 Å². The zero-order chi connectivity index (χ0) is 12.7. The van der Waals surface area contributed by atoms with E-state index in [1.807, 2.05) is 0 Å². The van der Waals surface area contributed by atoms with Crippen LogP contribution in [-0.4, -0.2) is 12.4 Å². The van der Waals surface area contributed by atoms with Crippen LogP contribution in [-0.2, 0) is 9.47 Å². The molecule has 0 saturated heterocycles. The summed E-state index contributed by atoms with van der Waals surface area (Å²) >= 11 is 0. The van der Waals surface area contributed by atoms with E-state index < -0.39 is 35.9 Å². The standard InChI is InChI=1S/C6F8O2/c7-3-4(8)16-2(6(12,13)14)1(15-3)5(9,10)11. The van der Waals surface area contributed by atoms with Crippen molar-refractivity contribution in [2.24, 2.45) is 0 Å². The van der Waals surface area contributed by atoms with Crippen molar-refractivity contribution in [2.75, 3.05) is 0 Å². The van der Waals surface area contributed by atoms with Gasteiger partial charge in [0.25, 0.3) is 11.5 Å². The Kier molecular flexibility index (Phi) is 2.77. The fourth-order valence-electron chi connectivity index (χ4n) is 0.725. The molecule has 1 heterocycles. The molecule has 0 aromatic heterocycles. The van der Waals surface area contributed by atoms with E-state index in [2.05, 4.69) is 9.47 Å². The third kappa shape index (κ3) is 2.36. The Morgan fingerprint density at radius 2 is 0.875 bits per heavy atom. The zero-order valence-corrected chi connectivity index (χ0v) is 6.84. The second-order valence-electron chi connectivity index (χ2n) is 2.41. The van der Waals surface area contributed by atoms with Crippen molar-refractivity contribution in [1.29, 1.82) is 0 Å². The van der Waals surface area contributed by atoms with E-state index in [0.29, 0.717) is 0 Å². The summed E-state index contributed by atoms with van der Waals surface area (Å²) in [6.07, 6.45) is -11.3. The van der Waals surface area contributed by atoms with E-state index >= 15 is 0 Å². The topological polar surface area (TPSA) is 18.5 Å². The first-order valence-corrected chi connectivity index (χ1v) is 3.33. The summed E-state index contributed by atoms with van der Waals surface area (Å²) in [5, 5.41) is 0. The number of alkyl halides is 6. The predicted molar refractivity (Wildman–Crippen MR) is 30.5 cm³/mol. The molecule has 0 saturated carbocycles.